The Hall–Kier alpha value is -1.82. The molecule has 0 aromatic heterocycles. The normalized spacial score (nSPS) is 9.71. The Balaban J connectivity index is 2.47. The van der Waals surface area contributed by atoms with E-state index < -0.39 is 0 Å². The Morgan fingerprint density at radius 2 is 1.79 bits per heavy atom. The summed E-state index contributed by atoms with van der Waals surface area (Å²) in [7, 11) is 0. The van der Waals surface area contributed by atoms with Crippen LogP contribution in [0.4, 0.5) is 0 Å². The minimum atomic E-state index is 1.15. The van der Waals surface area contributed by atoms with Crippen LogP contribution in [0.2, 0.25) is 0 Å². The molecule has 2 aromatic rings. The number of hydrogen-bond acceptors (Lipinski definition) is 0. The van der Waals surface area contributed by atoms with Crippen LogP contribution in [0.15, 0.2) is 55.1 Å². The molecule has 67 valence electrons. The predicted molar refractivity (Wildman–Crippen MR) is 60.8 cm³/mol. The van der Waals surface area contributed by atoms with Crippen molar-refractivity contribution in [2.24, 2.45) is 0 Å². The topological polar surface area (TPSA) is 0 Å². The quantitative estimate of drug-likeness (QED) is 0.657. The summed E-state index contributed by atoms with van der Waals surface area (Å²) in [4.78, 5) is 0. The van der Waals surface area contributed by atoms with Crippen molar-refractivity contribution >= 4 is 6.08 Å². The summed E-state index contributed by atoms with van der Waals surface area (Å²) < 4.78 is 0. The lowest BCUT2D eigenvalue weighted by atomic mass is 10.0. The van der Waals surface area contributed by atoms with Gasteiger partial charge in [0.2, 0.25) is 0 Å². The van der Waals surface area contributed by atoms with Gasteiger partial charge in [0.15, 0.2) is 0 Å². The van der Waals surface area contributed by atoms with E-state index >= 15 is 0 Å². The molecule has 0 fully saturated rings. The van der Waals surface area contributed by atoms with Crippen LogP contribution in [0, 0.1) is 6.07 Å². The molecule has 0 aliphatic rings. The Kier molecular flexibility index (Phi) is 2.46. The summed E-state index contributed by atoms with van der Waals surface area (Å²) >= 11 is 0. The predicted octanol–water partition coefficient (Wildman–Crippen LogP) is 3.80. The zero-order valence-electron chi connectivity index (χ0n) is 7.90. The lowest BCUT2D eigenvalue weighted by molar-refractivity contribution is 1.59. The molecule has 0 nitrogen and oxygen atoms in total. The van der Waals surface area contributed by atoms with Crippen LogP contribution in [0.25, 0.3) is 17.2 Å². The highest BCUT2D eigenvalue weighted by Crippen LogP contribution is 2.19. The van der Waals surface area contributed by atoms with Crippen molar-refractivity contribution in [2.75, 3.05) is 0 Å². The van der Waals surface area contributed by atoms with Gasteiger partial charge in [-0.15, -0.1) is 0 Å². The van der Waals surface area contributed by atoms with Crippen molar-refractivity contribution in [3.63, 3.8) is 0 Å². The van der Waals surface area contributed by atoms with Crippen LogP contribution in [-0.2, 0) is 0 Å². The largest absolute Gasteiger partial charge is 0.0985 e. The molecule has 2 rings (SSSR count). The molecule has 0 aliphatic carbocycles. The summed E-state index contributed by atoms with van der Waals surface area (Å²) in [6, 6.07) is 19.3. The van der Waals surface area contributed by atoms with Gasteiger partial charge in [0, 0.05) is 0 Å². The standard InChI is InChI=1S/C14H11/c1-2-12-7-6-10-14(11-12)13-8-4-3-5-9-13/h2,4-11H,1H2. The van der Waals surface area contributed by atoms with Gasteiger partial charge in [-0.3, -0.25) is 0 Å². The average molecular weight is 179 g/mol. The SMILES string of the molecule is C=Cc1cccc(-c2cc[c]cc2)c1. The fourth-order valence-corrected chi connectivity index (χ4v) is 1.42. The Morgan fingerprint density at radius 3 is 2.50 bits per heavy atom. The Bertz CT molecular complexity index is 427. The second kappa shape index (κ2) is 3.93. The van der Waals surface area contributed by atoms with Crippen LogP contribution in [-0.4, -0.2) is 0 Å². The van der Waals surface area contributed by atoms with Gasteiger partial charge in [-0.25, -0.2) is 0 Å². The first-order chi connectivity index (χ1) is 6.90. The van der Waals surface area contributed by atoms with E-state index in [0.29, 0.717) is 0 Å². The van der Waals surface area contributed by atoms with Gasteiger partial charge < -0.3 is 0 Å². The minimum Gasteiger partial charge on any atom is -0.0985 e. The van der Waals surface area contributed by atoms with Gasteiger partial charge in [-0.1, -0.05) is 55.1 Å². The molecule has 2 aromatic carbocycles. The molecule has 0 heteroatoms. The third-order valence-electron chi connectivity index (χ3n) is 2.17. The summed E-state index contributed by atoms with van der Waals surface area (Å²) in [5.41, 5.74) is 3.58. The molecule has 0 bridgehead atoms. The maximum atomic E-state index is 3.76. The highest BCUT2D eigenvalue weighted by atomic mass is 14.0. The summed E-state index contributed by atoms with van der Waals surface area (Å²) in [5.74, 6) is 0. The highest BCUT2D eigenvalue weighted by molar-refractivity contribution is 5.66. The zero-order chi connectivity index (χ0) is 9.80. The van der Waals surface area contributed by atoms with Gasteiger partial charge in [0.05, 0.1) is 0 Å². The van der Waals surface area contributed by atoms with Crippen LogP contribution in [0.3, 0.4) is 0 Å². The fourth-order valence-electron chi connectivity index (χ4n) is 1.42. The third-order valence-corrected chi connectivity index (χ3v) is 2.17. The molecule has 0 N–H and O–H groups in total. The molecular formula is C14H11. The molecule has 0 unspecified atom stereocenters. The van der Waals surface area contributed by atoms with Crippen molar-refractivity contribution < 1.29 is 0 Å². The molecular weight excluding hydrogens is 168 g/mol. The van der Waals surface area contributed by atoms with E-state index in [1.807, 2.05) is 30.3 Å². The lowest BCUT2D eigenvalue weighted by Gasteiger charge is -2.01. The van der Waals surface area contributed by atoms with Gasteiger partial charge in [0.25, 0.3) is 0 Å². The smallest absolute Gasteiger partial charge is 0.0178 e. The molecule has 0 amide bonds. The van der Waals surface area contributed by atoms with Crippen molar-refractivity contribution in [1.82, 2.24) is 0 Å². The van der Waals surface area contributed by atoms with E-state index in [1.165, 1.54) is 11.1 Å². The lowest BCUT2D eigenvalue weighted by Crippen LogP contribution is -1.77. The maximum absolute atomic E-state index is 3.76. The van der Waals surface area contributed by atoms with Crippen LogP contribution < -0.4 is 0 Å². The number of rotatable bonds is 2. The van der Waals surface area contributed by atoms with Crippen LogP contribution >= 0.6 is 0 Å². The number of hydrogen-bond donors (Lipinski definition) is 0. The molecule has 0 saturated carbocycles. The van der Waals surface area contributed by atoms with E-state index in [4.69, 9.17) is 0 Å². The molecule has 0 spiro atoms. The second-order valence-corrected chi connectivity index (χ2v) is 3.12. The van der Waals surface area contributed by atoms with E-state index in [1.54, 1.807) is 0 Å². The van der Waals surface area contributed by atoms with Crippen LogP contribution in [0.5, 0.6) is 0 Å². The second-order valence-electron chi connectivity index (χ2n) is 3.12. The maximum Gasteiger partial charge on any atom is -0.0178 e. The molecule has 0 aliphatic heterocycles. The van der Waals surface area contributed by atoms with Crippen molar-refractivity contribution in [1.29, 1.82) is 0 Å². The monoisotopic (exact) mass is 179 g/mol. The van der Waals surface area contributed by atoms with Gasteiger partial charge >= 0.3 is 0 Å². The zero-order valence-corrected chi connectivity index (χ0v) is 7.90. The third kappa shape index (κ3) is 1.74. The van der Waals surface area contributed by atoms with Gasteiger partial charge in [-0.05, 0) is 28.8 Å². The molecule has 14 heavy (non-hydrogen) atoms. The Morgan fingerprint density at radius 1 is 1.00 bits per heavy atom. The van der Waals surface area contributed by atoms with Crippen molar-refractivity contribution in [2.45, 2.75) is 0 Å². The summed E-state index contributed by atoms with van der Waals surface area (Å²) in [6.45, 7) is 3.76. The minimum absolute atomic E-state index is 1.15. The Labute approximate surface area is 84.5 Å². The van der Waals surface area contributed by atoms with E-state index in [2.05, 4.69) is 36.9 Å². The molecule has 0 atom stereocenters. The fraction of sp³-hybridized carbons (Fsp3) is 0. The van der Waals surface area contributed by atoms with Crippen LogP contribution in [0.1, 0.15) is 5.56 Å². The van der Waals surface area contributed by atoms with Crippen molar-refractivity contribution in [3.05, 3.63) is 66.7 Å². The van der Waals surface area contributed by atoms with Crippen molar-refractivity contribution in [3.8, 4) is 11.1 Å². The van der Waals surface area contributed by atoms with Gasteiger partial charge in [0.1, 0.15) is 0 Å². The summed E-state index contributed by atoms with van der Waals surface area (Å²) in [6.07, 6.45) is 1.86. The summed E-state index contributed by atoms with van der Waals surface area (Å²) in [5, 5.41) is 0. The molecule has 0 saturated heterocycles. The van der Waals surface area contributed by atoms with E-state index in [0.717, 1.165) is 5.56 Å². The first kappa shape index (κ1) is 8.76. The average Bonchev–Trinajstić information content (AvgIpc) is 2.30. The molecule has 0 heterocycles. The highest BCUT2D eigenvalue weighted by Gasteiger charge is 1.95. The van der Waals surface area contributed by atoms with Gasteiger partial charge in [-0.2, -0.15) is 0 Å². The van der Waals surface area contributed by atoms with E-state index in [9.17, 15) is 0 Å². The first-order valence-electron chi connectivity index (χ1n) is 4.59. The molecule has 1 radical (unpaired) electrons. The first-order valence-corrected chi connectivity index (χ1v) is 4.59. The van der Waals surface area contributed by atoms with E-state index in [-0.39, 0.29) is 0 Å². The number of benzene rings is 2.